The van der Waals surface area contributed by atoms with E-state index in [0.717, 1.165) is 11.1 Å². The van der Waals surface area contributed by atoms with Crippen molar-refractivity contribution in [3.63, 3.8) is 0 Å². The molecule has 0 unspecified atom stereocenters. The molecule has 0 aliphatic heterocycles. The molecule has 3 rings (SSSR count). The van der Waals surface area contributed by atoms with Crippen molar-refractivity contribution in [3.8, 4) is 22.5 Å². The van der Waals surface area contributed by atoms with Crippen LogP contribution in [0.5, 0.6) is 0 Å². The summed E-state index contributed by atoms with van der Waals surface area (Å²) in [7, 11) is 0. The molecule has 0 amide bonds. The van der Waals surface area contributed by atoms with E-state index in [2.05, 4.69) is 5.16 Å². The Morgan fingerprint density at radius 3 is 2.84 bits per heavy atom. The summed E-state index contributed by atoms with van der Waals surface area (Å²) in [5.41, 5.74) is 9.18. The zero-order valence-electron chi connectivity index (χ0n) is 10.2. The van der Waals surface area contributed by atoms with Gasteiger partial charge in [-0.15, -0.1) is 0 Å². The van der Waals surface area contributed by atoms with Crippen LogP contribution < -0.4 is 5.73 Å². The van der Waals surface area contributed by atoms with Gasteiger partial charge in [0.2, 0.25) is 0 Å². The standard InChI is InChI=1S/C14H11FN2OS/c1-8-6-19-7-11(8)13-12(14(16)17-18-13)9-3-2-4-10(15)5-9/h2-7H,1H3,(H2,16,17). The molecule has 1 aromatic carbocycles. The lowest BCUT2D eigenvalue weighted by atomic mass is 10.0. The number of nitrogens with zero attached hydrogens (tertiary/aromatic N) is 1. The zero-order chi connectivity index (χ0) is 13.4. The van der Waals surface area contributed by atoms with Crippen LogP contribution in [0.3, 0.4) is 0 Å². The van der Waals surface area contributed by atoms with Gasteiger partial charge in [-0.05, 0) is 35.6 Å². The normalized spacial score (nSPS) is 10.8. The van der Waals surface area contributed by atoms with Crippen LogP contribution in [0, 0.1) is 12.7 Å². The second-order valence-corrected chi connectivity index (χ2v) is 4.99. The van der Waals surface area contributed by atoms with Gasteiger partial charge in [0.25, 0.3) is 0 Å². The third-order valence-corrected chi connectivity index (χ3v) is 3.79. The molecule has 0 saturated heterocycles. The van der Waals surface area contributed by atoms with Crippen LogP contribution in [-0.4, -0.2) is 5.16 Å². The van der Waals surface area contributed by atoms with Gasteiger partial charge in [0.1, 0.15) is 5.82 Å². The zero-order valence-corrected chi connectivity index (χ0v) is 11.0. The summed E-state index contributed by atoms with van der Waals surface area (Å²) in [6, 6.07) is 6.25. The van der Waals surface area contributed by atoms with E-state index in [1.54, 1.807) is 23.5 Å². The Kier molecular flexibility index (Phi) is 2.83. The lowest BCUT2D eigenvalue weighted by Gasteiger charge is -2.02. The number of hydrogen-bond donors (Lipinski definition) is 1. The van der Waals surface area contributed by atoms with Crippen molar-refractivity contribution in [1.82, 2.24) is 5.16 Å². The average Bonchev–Trinajstić information content (AvgIpc) is 2.95. The van der Waals surface area contributed by atoms with Crippen LogP contribution in [0.1, 0.15) is 5.56 Å². The Morgan fingerprint density at radius 1 is 1.32 bits per heavy atom. The van der Waals surface area contributed by atoms with Crippen molar-refractivity contribution in [1.29, 1.82) is 0 Å². The Hall–Kier alpha value is -2.14. The smallest absolute Gasteiger partial charge is 0.178 e. The fourth-order valence-electron chi connectivity index (χ4n) is 2.00. The molecular weight excluding hydrogens is 263 g/mol. The predicted octanol–water partition coefficient (Wildman–Crippen LogP) is 4.10. The van der Waals surface area contributed by atoms with E-state index in [1.165, 1.54) is 12.1 Å². The van der Waals surface area contributed by atoms with Gasteiger partial charge in [-0.2, -0.15) is 11.3 Å². The van der Waals surface area contributed by atoms with Crippen LogP contribution in [0.2, 0.25) is 0 Å². The summed E-state index contributed by atoms with van der Waals surface area (Å²) >= 11 is 1.57. The molecule has 0 radical (unpaired) electrons. The second-order valence-electron chi connectivity index (χ2n) is 4.25. The highest BCUT2D eigenvalue weighted by molar-refractivity contribution is 7.08. The summed E-state index contributed by atoms with van der Waals surface area (Å²) in [6.45, 7) is 1.99. The van der Waals surface area contributed by atoms with Crippen LogP contribution in [0.15, 0.2) is 39.5 Å². The number of anilines is 1. The molecule has 2 heterocycles. The van der Waals surface area contributed by atoms with Crippen molar-refractivity contribution in [3.05, 3.63) is 46.4 Å². The molecule has 0 aliphatic rings. The maximum absolute atomic E-state index is 13.4. The third-order valence-electron chi connectivity index (χ3n) is 2.93. The minimum Gasteiger partial charge on any atom is -0.380 e. The first-order valence-electron chi connectivity index (χ1n) is 5.71. The van der Waals surface area contributed by atoms with Gasteiger partial charge in [-0.1, -0.05) is 17.3 Å². The molecule has 0 aliphatic carbocycles. The molecule has 2 aromatic heterocycles. The summed E-state index contributed by atoms with van der Waals surface area (Å²) in [6.07, 6.45) is 0. The molecule has 0 spiro atoms. The number of aryl methyl sites for hydroxylation is 1. The Bertz CT molecular complexity index is 733. The highest BCUT2D eigenvalue weighted by Gasteiger charge is 2.19. The van der Waals surface area contributed by atoms with E-state index in [1.807, 2.05) is 17.7 Å². The maximum Gasteiger partial charge on any atom is 0.178 e. The number of aromatic nitrogens is 1. The van der Waals surface area contributed by atoms with Gasteiger partial charge in [0, 0.05) is 10.9 Å². The largest absolute Gasteiger partial charge is 0.380 e. The Balaban J connectivity index is 2.22. The summed E-state index contributed by atoms with van der Waals surface area (Å²) in [5.74, 6) is 0.541. The molecule has 19 heavy (non-hydrogen) atoms. The highest BCUT2D eigenvalue weighted by Crippen LogP contribution is 2.39. The molecule has 5 heteroatoms. The van der Waals surface area contributed by atoms with E-state index in [0.29, 0.717) is 16.9 Å². The fourth-order valence-corrected chi connectivity index (χ4v) is 2.83. The molecule has 3 nitrogen and oxygen atoms in total. The SMILES string of the molecule is Cc1cscc1-c1onc(N)c1-c1cccc(F)c1. The Labute approximate surface area is 113 Å². The van der Waals surface area contributed by atoms with Gasteiger partial charge >= 0.3 is 0 Å². The molecule has 96 valence electrons. The molecule has 3 aromatic rings. The number of nitrogen functional groups attached to an aromatic ring is 1. The number of benzene rings is 1. The van der Waals surface area contributed by atoms with Crippen LogP contribution in [0.4, 0.5) is 10.2 Å². The van der Waals surface area contributed by atoms with Gasteiger partial charge in [-0.25, -0.2) is 4.39 Å². The first-order valence-corrected chi connectivity index (χ1v) is 6.65. The fraction of sp³-hybridized carbons (Fsp3) is 0.0714. The minimum absolute atomic E-state index is 0.270. The molecule has 0 fully saturated rings. The van der Waals surface area contributed by atoms with Gasteiger partial charge in [-0.3, -0.25) is 0 Å². The number of nitrogens with two attached hydrogens (primary N) is 1. The lowest BCUT2D eigenvalue weighted by Crippen LogP contribution is -1.89. The van der Waals surface area contributed by atoms with Crippen molar-refractivity contribution in [2.75, 3.05) is 5.73 Å². The molecule has 2 N–H and O–H groups in total. The van der Waals surface area contributed by atoms with E-state index in [9.17, 15) is 4.39 Å². The number of rotatable bonds is 2. The van der Waals surface area contributed by atoms with Gasteiger partial charge < -0.3 is 10.3 Å². The third kappa shape index (κ3) is 2.02. The van der Waals surface area contributed by atoms with E-state index >= 15 is 0 Å². The predicted molar refractivity (Wildman–Crippen MR) is 74.4 cm³/mol. The van der Waals surface area contributed by atoms with Crippen LogP contribution in [0.25, 0.3) is 22.5 Å². The monoisotopic (exact) mass is 274 g/mol. The van der Waals surface area contributed by atoms with E-state index in [-0.39, 0.29) is 11.6 Å². The summed E-state index contributed by atoms with van der Waals surface area (Å²) < 4.78 is 18.7. The van der Waals surface area contributed by atoms with Crippen molar-refractivity contribution < 1.29 is 8.91 Å². The highest BCUT2D eigenvalue weighted by atomic mass is 32.1. The van der Waals surface area contributed by atoms with E-state index in [4.69, 9.17) is 10.3 Å². The van der Waals surface area contributed by atoms with Gasteiger partial charge in [0.05, 0.1) is 5.56 Å². The molecule has 0 bridgehead atoms. The van der Waals surface area contributed by atoms with Crippen LogP contribution in [-0.2, 0) is 0 Å². The second kappa shape index (κ2) is 4.51. The molecular formula is C14H11FN2OS. The van der Waals surface area contributed by atoms with Crippen molar-refractivity contribution in [2.45, 2.75) is 6.92 Å². The van der Waals surface area contributed by atoms with E-state index < -0.39 is 0 Å². The van der Waals surface area contributed by atoms with Crippen molar-refractivity contribution >= 4 is 17.2 Å². The quantitative estimate of drug-likeness (QED) is 0.765. The number of halogens is 1. The summed E-state index contributed by atoms with van der Waals surface area (Å²) in [4.78, 5) is 0. The number of thiophene rings is 1. The number of hydrogen-bond acceptors (Lipinski definition) is 4. The Morgan fingerprint density at radius 2 is 2.16 bits per heavy atom. The minimum atomic E-state index is -0.314. The van der Waals surface area contributed by atoms with Crippen LogP contribution >= 0.6 is 11.3 Å². The molecule has 0 atom stereocenters. The summed E-state index contributed by atoms with van der Waals surface area (Å²) in [5, 5.41) is 7.79. The lowest BCUT2D eigenvalue weighted by molar-refractivity contribution is 0.436. The topological polar surface area (TPSA) is 52.0 Å². The first-order chi connectivity index (χ1) is 9.16. The molecule has 0 saturated carbocycles. The average molecular weight is 274 g/mol. The van der Waals surface area contributed by atoms with Crippen molar-refractivity contribution in [2.24, 2.45) is 0 Å². The van der Waals surface area contributed by atoms with Gasteiger partial charge in [0.15, 0.2) is 11.6 Å². The first kappa shape index (κ1) is 11.9. The maximum atomic E-state index is 13.4.